The van der Waals surface area contributed by atoms with Gasteiger partial charge in [-0.1, -0.05) is 90.7 Å². The van der Waals surface area contributed by atoms with Crippen LogP contribution in [0.3, 0.4) is 0 Å². The minimum absolute atomic E-state index is 0.503. The Hall–Kier alpha value is 0.960. The molecule has 0 heterocycles. The van der Waals surface area contributed by atoms with E-state index >= 15 is 0 Å². The maximum atomic E-state index is 3.67. The van der Waals surface area contributed by atoms with Crippen LogP contribution in [0.1, 0.15) is 71.6 Å². The molecule has 0 radical (unpaired) electrons. The summed E-state index contributed by atoms with van der Waals surface area (Å²) in [5.74, 6) is 0. The van der Waals surface area contributed by atoms with Gasteiger partial charge in [-0.05, 0) is 18.3 Å². The standard InChI is InChI=1S/C14H28Br2/c1-3-5-6-7-8-9-10-11-14(4-2,12-15)13-16/h3-13H2,1-2H3. The predicted octanol–water partition coefficient (Wildman–Crippen LogP) is 6.31. The van der Waals surface area contributed by atoms with Crippen molar-refractivity contribution < 1.29 is 0 Å². The van der Waals surface area contributed by atoms with Crippen molar-refractivity contribution in [2.24, 2.45) is 5.41 Å². The first-order valence-electron chi connectivity index (χ1n) is 6.86. The van der Waals surface area contributed by atoms with Crippen LogP contribution in [-0.2, 0) is 0 Å². The van der Waals surface area contributed by atoms with Gasteiger partial charge in [0.1, 0.15) is 0 Å². The summed E-state index contributed by atoms with van der Waals surface area (Å²) in [6.45, 7) is 4.59. The SMILES string of the molecule is CCCCCCCCCC(CC)(CBr)CBr. The number of rotatable bonds is 11. The summed E-state index contributed by atoms with van der Waals surface area (Å²) in [6, 6.07) is 0. The quantitative estimate of drug-likeness (QED) is 0.300. The van der Waals surface area contributed by atoms with E-state index in [-0.39, 0.29) is 0 Å². The molecule has 0 saturated carbocycles. The molecule has 0 bridgehead atoms. The van der Waals surface area contributed by atoms with Crippen LogP contribution in [0.2, 0.25) is 0 Å². The number of hydrogen-bond acceptors (Lipinski definition) is 0. The molecule has 98 valence electrons. The van der Waals surface area contributed by atoms with Gasteiger partial charge in [0, 0.05) is 10.7 Å². The molecule has 0 aliphatic heterocycles. The molecule has 0 N–H and O–H groups in total. The Morgan fingerprint density at radius 2 is 1.25 bits per heavy atom. The van der Waals surface area contributed by atoms with Gasteiger partial charge < -0.3 is 0 Å². The van der Waals surface area contributed by atoms with Crippen LogP contribution < -0.4 is 0 Å². The van der Waals surface area contributed by atoms with E-state index in [0.717, 1.165) is 10.7 Å². The van der Waals surface area contributed by atoms with E-state index in [1.165, 1.54) is 57.8 Å². The van der Waals surface area contributed by atoms with Crippen LogP contribution in [0.4, 0.5) is 0 Å². The van der Waals surface area contributed by atoms with Crippen LogP contribution in [-0.4, -0.2) is 10.7 Å². The fraction of sp³-hybridized carbons (Fsp3) is 1.00. The second-order valence-electron chi connectivity index (χ2n) is 4.99. The van der Waals surface area contributed by atoms with Crippen molar-refractivity contribution in [2.75, 3.05) is 10.7 Å². The Morgan fingerprint density at radius 3 is 1.69 bits per heavy atom. The summed E-state index contributed by atoms with van der Waals surface area (Å²) in [5, 5.41) is 2.27. The summed E-state index contributed by atoms with van der Waals surface area (Å²) in [5.41, 5.74) is 0.503. The average molecular weight is 356 g/mol. The minimum Gasteiger partial charge on any atom is -0.0922 e. The van der Waals surface area contributed by atoms with E-state index in [1.54, 1.807) is 0 Å². The zero-order valence-corrected chi connectivity index (χ0v) is 14.2. The molecule has 0 spiro atoms. The summed E-state index contributed by atoms with van der Waals surface area (Å²) < 4.78 is 0. The first-order valence-corrected chi connectivity index (χ1v) is 9.11. The topological polar surface area (TPSA) is 0 Å². The molecule has 0 aromatic heterocycles. The van der Waals surface area contributed by atoms with Gasteiger partial charge in [-0.25, -0.2) is 0 Å². The minimum atomic E-state index is 0.503. The lowest BCUT2D eigenvalue weighted by molar-refractivity contribution is 0.328. The highest BCUT2D eigenvalue weighted by Crippen LogP contribution is 2.33. The summed E-state index contributed by atoms with van der Waals surface area (Å²) in [6.07, 6.45) is 12.6. The molecule has 2 heteroatoms. The highest BCUT2D eigenvalue weighted by Gasteiger charge is 2.24. The highest BCUT2D eigenvalue weighted by molar-refractivity contribution is 9.09. The van der Waals surface area contributed by atoms with Crippen LogP contribution in [0.15, 0.2) is 0 Å². The van der Waals surface area contributed by atoms with Gasteiger partial charge in [0.05, 0.1) is 0 Å². The van der Waals surface area contributed by atoms with Crippen molar-refractivity contribution in [3.63, 3.8) is 0 Å². The lowest BCUT2D eigenvalue weighted by atomic mass is 9.84. The van der Waals surface area contributed by atoms with Crippen molar-refractivity contribution in [3.05, 3.63) is 0 Å². The second kappa shape index (κ2) is 11.1. The molecule has 0 amide bonds. The predicted molar refractivity (Wildman–Crippen MR) is 82.9 cm³/mol. The van der Waals surface area contributed by atoms with Gasteiger partial charge in [0.15, 0.2) is 0 Å². The highest BCUT2D eigenvalue weighted by atomic mass is 79.9. The molecule has 16 heavy (non-hydrogen) atoms. The molecule has 0 unspecified atom stereocenters. The zero-order chi connectivity index (χ0) is 12.3. The van der Waals surface area contributed by atoms with Gasteiger partial charge in [-0.2, -0.15) is 0 Å². The van der Waals surface area contributed by atoms with Crippen LogP contribution >= 0.6 is 31.9 Å². The van der Waals surface area contributed by atoms with Crippen molar-refractivity contribution in [3.8, 4) is 0 Å². The largest absolute Gasteiger partial charge is 0.0922 e. The normalized spacial score (nSPS) is 12.0. The van der Waals surface area contributed by atoms with E-state index < -0.39 is 0 Å². The Bertz CT molecular complexity index is 133. The first-order chi connectivity index (χ1) is 7.74. The van der Waals surface area contributed by atoms with Crippen LogP contribution in [0.25, 0.3) is 0 Å². The molecular formula is C14H28Br2. The van der Waals surface area contributed by atoms with E-state index in [0.29, 0.717) is 5.41 Å². The van der Waals surface area contributed by atoms with Gasteiger partial charge in [0.2, 0.25) is 0 Å². The summed E-state index contributed by atoms with van der Waals surface area (Å²) in [7, 11) is 0. The lowest BCUT2D eigenvalue weighted by Gasteiger charge is -2.28. The van der Waals surface area contributed by atoms with Gasteiger partial charge >= 0.3 is 0 Å². The molecular weight excluding hydrogens is 328 g/mol. The van der Waals surface area contributed by atoms with Gasteiger partial charge in [0.25, 0.3) is 0 Å². The Balaban J connectivity index is 3.48. The maximum absolute atomic E-state index is 3.67. The third kappa shape index (κ3) is 7.32. The monoisotopic (exact) mass is 354 g/mol. The third-order valence-electron chi connectivity index (χ3n) is 3.63. The van der Waals surface area contributed by atoms with E-state index in [4.69, 9.17) is 0 Å². The number of halogens is 2. The van der Waals surface area contributed by atoms with Gasteiger partial charge in [-0.15, -0.1) is 0 Å². The fourth-order valence-corrected chi connectivity index (χ4v) is 4.27. The molecule has 0 aromatic rings. The Labute approximate surface area is 119 Å². The Morgan fingerprint density at radius 1 is 0.750 bits per heavy atom. The van der Waals surface area contributed by atoms with Crippen LogP contribution in [0, 0.1) is 5.41 Å². The van der Waals surface area contributed by atoms with E-state index in [2.05, 4.69) is 45.7 Å². The molecule has 0 atom stereocenters. The van der Waals surface area contributed by atoms with E-state index in [1.807, 2.05) is 0 Å². The van der Waals surface area contributed by atoms with Crippen molar-refractivity contribution in [1.82, 2.24) is 0 Å². The Kier molecular flexibility index (Phi) is 11.7. The van der Waals surface area contributed by atoms with E-state index in [9.17, 15) is 0 Å². The number of alkyl halides is 2. The second-order valence-corrected chi connectivity index (χ2v) is 6.11. The molecule has 0 aromatic carbocycles. The van der Waals surface area contributed by atoms with Crippen molar-refractivity contribution >= 4 is 31.9 Å². The summed E-state index contributed by atoms with van der Waals surface area (Å²) >= 11 is 7.33. The number of hydrogen-bond donors (Lipinski definition) is 0. The molecule has 0 nitrogen and oxygen atoms in total. The fourth-order valence-electron chi connectivity index (χ4n) is 1.99. The summed E-state index contributed by atoms with van der Waals surface area (Å²) in [4.78, 5) is 0. The molecule has 0 aliphatic rings. The molecule has 0 aliphatic carbocycles. The average Bonchev–Trinajstić information content (AvgIpc) is 2.34. The van der Waals surface area contributed by atoms with Crippen LogP contribution in [0.5, 0.6) is 0 Å². The number of unbranched alkanes of at least 4 members (excludes halogenated alkanes) is 6. The first kappa shape index (κ1) is 17.0. The lowest BCUT2D eigenvalue weighted by Crippen LogP contribution is -2.23. The smallest absolute Gasteiger partial charge is 0.00958 e. The third-order valence-corrected chi connectivity index (χ3v) is 6.01. The zero-order valence-electron chi connectivity index (χ0n) is 11.0. The molecule has 0 saturated heterocycles. The van der Waals surface area contributed by atoms with Gasteiger partial charge in [-0.3, -0.25) is 0 Å². The van der Waals surface area contributed by atoms with Crippen molar-refractivity contribution in [1.29, 1.82) is 0 Å². The van der Waals surface area contributed by atoms with Crippen molar-refractivity contribution in [2.45, 2.75) is 71.6 Å². The maximum Gasteiger partial charge on any atom is 0.00958 e. The molecule has 0 fully saturated rings. The molecule has 0 rings (SSSR count).